The smallest absolute Gasteiger partial charge is 0.257 e. The third-order valence-corrected chi connectivity index (χ3v) is 4.95. The van der Waals surface area contributed by atoms with Crippen molar-refractivity contribution in [2.24, 2.45) is 0 Å². The van der Waals surface area contributed by atoms with Gasteiger partial charge in [0.1, 0.15) is 5.82 Å². The molecule has 1 aromatic heterocycles. The molecule has 0 bridgehead atoms. The summed E-state index contributed by atoms with van der Waals surface area (Å²) in [5.74, 6) is -0.546. The molecule has 2 amide bonds. The molecule has 0 saturated carbocycles. The molecule has 0 spiro atoms. The highest BCUT2D eigenvalue weighted by Crippen LogP contribution is 2.25. The van der Waals surface area contributed by atoms with Gasteiger partial charge in [0.2, 0.25) is 5.91 Å². The minimum absolute atomic E-state index is 0.108. The number of aromatic nitrogens is 1. The van der Waals surface area contributed by atoms with Gasteiger partial charge in [-0.3, -0.25) is 14.6 Å². The Bertz CT molecular complexity index is 1080. The first-order valence-corrected chi connectivity index (χ1v) is 9.30. The van der Waals surface area contributed by atoms with Crippen LogP contribution in [0.25, 0.3) is 10.9 Å². The molecule has 6 heteroatoms. The Hall–Kier alpha value is -3.28. The molecule has 28 heavy (non-hydrogen) atoms. The van der Waals surface area contributed by atoms with E-state index in [2.05, 4.69) is 10.3 Å². The number of aryl methyl sites for hydroxylation is 1. The van der Waals surface area contributed by atoms with Gasteiger partial charge in [-0.1, -0.05) is 6.07 Å². The Morgan fingerprint density at radius 2 is 2.00 bits per heavy atom. The molecule has 1 aliphatic heterocycles. The summed E-state index contributed by atoms with van der Waals surface area (Å²) in [4.78, 5) is 31.0. The number of piperidine rings is 1. The Labute approximate surface area is 162 Å². The van der Waals surface area contributed by atoms with Crippen LogP contribution in [0.5, 0.6) is 0 Å². The van der Waals surface area contributed by atoms with Crippen LogP contribution in [0.2, 0.25) is 0 Å². The molecule has 1 aliphatic rings. The number of amides is 2. The highest BCUT2D eigenvalue weighted by Gasteiger charge is 2.20. The molecule has 1 N–H and O–H groups in total. The van der Waals surface area contributed by atoms with Crippen molar-refractivity contribution in [3.8, 4) is 0 Å². The van der Waals surface area contributed by atoms with E-state index in [1.165, 1.54) is 12.1 Å². The van der Waals surface area contributed by atoms with Crippen molar-refractivity contribution in [3.05, 3.63) is 65.6 Å². The molecular formula is C22H20FN3O2. The van der Waals surface area contributed by atoms with Gasteiger partial charge in [-0.15, -0.1) is 0 Å². The number of hydrogen-bond acceptors (Lipinski definition) is 3. The van der Waals surface area contributed by atoms with E-state index in [9.17, 15) is 14.0 Å². The van der Waals surface area contributed by atoms with Gasteiger partial charge in [-0.05, 0) is 56.2 Å². The lowest BCUT2D eigenvalue weighted by Crippen LogP contribution is -2.35. The van der Waals surface area contributed by atoms with E-state index in [-0.39, 0.29) is 17.6 Å². The van der Waals surface area contributed by atoms with Crippen LogP contribution in [0, 0.1) is 12.7 Å². The van der Waals surface area contributed by atoms with E-state index >= 15 is 0 Å². The van der Waals surface area contributed by atoms with Crippen LogP contribution < -0.4 is 10.2 Å². The Balaban J connectivity index is 1.59. The average Bonchev–Trinajstić information content (AvgIpc) is 2.68. The molecular weight excluding hydrogens is 357 g/mol. The van der Waals surface area contributed by atoms with Gasteiger partial charge in [-0.25, -0.2) is 4.39 Å². The zero-order valence-electron chi connectivity index (χ0n) is 15.5. The third kappa shape index (κ3) is 3.58. The summed E-state index contributed by atoms with van der Waals surface area (Å²) in [6.45, 7) is 2.42. The van der Waals surface area contributed by atoms with Gasteiger partial charge < -0.3 is 10.2 Å². The number of carbonyl (C=O) groups is 2. The highest BCUT2D eigenvalue weighted by molar-refractivity contribution is 6.07. The maximum Gasteiger partial charge on any atom is 0.257 e. The van der Waals surface area contributed by atoms with E-state index in [1.807, 2.05) is 12.1 Å². The number of carbonyl (C=O) groups excluding carboxylic acids is 2. The maximum atomic E-state index is 13.4. The zero-order valence-corrected chi connectivity index (χ0v) is 15.5. The average molecular weight is 377 g/mol. The fourth-order valence-electron chi connectivity index (χ4n) is 3.50. The van der Waals surface area contributed by atoms with Gasteiger partial charge >= 0.3 is 0 Å². The number of nitrogens with zero attached hydrogens (tertiary/aromatic N) is 2. The number of fused-ring (bicyclic) bond motifs is 1. The second-order valence-electron chi connectivity index (χ2n) is 6.97. The Morgan fingerprint density at radius 3 is 2.82 bits per heavy atom. The molecule has 2 heterocycles. The molecule has 3 aromatic rings. The second kappa shape index (κ2) is 7.38. The van der Waals surface area contributed by atoms with Gasteiger partial charge in [0.05, 0.1) is 16.8 Å². The fourth-order valence-corrected chi connectivity index (χ4v) is 3.50. The maximum absolute atomic E-state index is 13.4. The van der Waals surface area contributed by atoms with Crippen LogP contribution in [0.15, 0.2) is 48.5 Å². The summed E-state index contributed by atoms with van der Waals surface area (Å²) in [7, 11) is 0. The summed E-state index contributed by atoms with van der Waals surface area (Å²) in [6.07, 6.45) is 2.45. The number of nitrogens with one attached hydrogen (secondary N) is 1. The summed E-state index contributed by atoms with van der Waals surface area (Å²) in [6, 6.07) is 13.3. The van der Waals surface area contributed by atoms with Crippen molar-refractivity contribution >= 4 is 34.1 Å². The predicted molar refractivity (Wildman–Crippen MR) is 107 cm³/mol. The standard InChI is InChI=1S/C22H20FN3O2/c1-14-19(11-15-8-9-16(23)12-20(15)24-14)22(28)25-17-5-4-6-18(13-17)26-10-3-2-7-21(26)27/h4-6,8-9,11-13H,2-3,7,10H2,1H3,(H,25,28). The summed E-state index contributed by atoms with van der Waals surface area (Å²) in [5.41, 5.74) is 2.86. The highest BCUT2D eigenvalue weighted by atomic mass is 19.1. The van der Waals surface area contributed by atoms with E-state index in [1.54, 1.807) is 36.1 Å². The van der Waals surface area contributed by atoms with Crippen molar-refractivity contribution in [3.63, 3.8) is 0 Å². The van der Waals surface area contributed by atoms with E-state index in [0.717, 1.165) is 18.5 Å². The van der Waals surface area contributed by atoms with Crippen LogP contribution in [-0.2, 0) is 4.79 Å². The number of hydrogen-bond donors (Lipinski definition) is 1. The lowest BCUT2D eigenvalue weighted by Gasteiger charge is -2.27. The Kier molecular flexibility index (Phi) is 4.77. The fraction of sp³-hybridized carbons (Fsp3) is 0.227. The topological polar surface area (TPSA) is 62.3 Å². The Morgan fingerprint density at radius 1 is 1.14 bits per heavy atom. The minimum Gasteiger partial charge on any atom is -0.322 e. The van der Waals surface area contributed by atoms with Gasteiger partial charge in [-0.2, -0.15) is 0 Å². The molecule has 2 aromatic carbocycles. The van der Waals surface area contributed by atoms with Crippen LogP contribution in [0.4, 0.5) is 15.8 Å². The van der Waals surface area contributed by atoms with E-state index in [4.69, 9.17) is 0 Å². The molecule has 1 fully saturated rings. The SMILES string of the molecule is Cc1nc2cc(F)ccc2cc1C(=O)Nc1cccc(N2CCCCC2=O)c1. The van der Waals surface area contributed by atoms with E-state index < -0.39 is 0 Å². The minimum atomic E-state index is -0.360. The van der Waals surface area contributed by atoms with Crippen molar-refractivity contribution in [2.75, 3.05) is 16.8 Å². The molecule has 0 atom stereocenters. The van der Waals surface area contributed by atoms with Gasteiger partial charge in [0.25, 0.3) is 5.91 Å². The number of benzene rings is 2. The van der Waals surface area contributed by atoms with Gasteiger partial charge in [0, 0.05) is 35.8 Å². The number of rotatable bonds is 3. The monoisotopic (exact) mass is 377 g/mol. The first-order chi connectivity index (χ1) is 13.5. The first kappa shape index (κ1) is 18.1. The van der Waals surface area contributed by atoms with Crippen molar-refractivity contribution in [1.29, 1.82) is 0 Å². The molecule has 142 valence electrons. The quantitative estimate of drug-likeness (QED) is 0.733. The molecule has 1 saturated heterocycles. The normalized spacial score (nSPS) is 14.4. The molecule has 5 nitrogen and oxygen atoms in total. The number of anilines is 2. The van der Waals surface area contributed by atoms with Gasteiger partial charge in [0.15, 0.2) is 0 Å². The molecule has 0 radical (unpaired) electrons. The largest absolute Gasteiger partial charge is 0.322 e. The predicted octanol–water partition coefficient (Wildman–Crippen LogP) is 4.45. The summed E-state index contributed by atoms with van der Waals surface area (Å²) >= 11 is 0. The van der Waals surface area contributed by atoms with E-state index in [0.29, 0.717) is 40.8 Å². The molecule has 4 rings (SSSR count). The van der Waals surface area contributed by atoms with Crippen molar-refractivity contribution < 1.29 is 14.0 Å². The third-order valence-electron chi connectivity index (χ3n) is 4.95. The van der Waals surface area contributed by atoms with Crippen LogP contribution >= 0.6 is 0 Å². The molecule has 0 aliphatic carbocycles. The van der Waals surface area contributed by atoms with Crippen molar-refractivity contribution in [1.82, 2.24) is 4.98 Å². The zero-order chi connectivity index (χ0) is 19.7. The van der Waals surface area contributed by atoms with Crippen LogP contribution in [0.3, 0.4) is 0 Å². The second-order valence-corrected chi connectivity index (χ2v) is 6.97. The lowest BCUT2D eigenvalue weighted by molar-refractivity contribution is -0.119. The molecule has 0 unspecified atom stereocenters. The summed E-state index contributed by atoms with van der Waals surface area (Å²) in [5, 5.41) is 3.58. The number of pyridine rings is 1. The first-order valence-electron chi connectivity index (χ1n) is 9.30. The lowest BCUT2D eigenvalue weighted by atomic mass is 10.1. The summed E-state index contributed by atoms with van der Waals surface area (Å²) < 4.78 is 13.4. The van der Waals surface area contributed by atoms with Crippen LogP contribution in [0.1, 0.15) is 35.3 Å². The van der Waals surface area contributed by atoms with Crippen LogP contribution in [-0.4, -0.2) is 23.3 Å². The number of halogens is 1. The van der Waals surface area contributed by atoms with Crippen molar-refractivity contribution in [2.45, 2.75) is 26.2 Å².